The Morgan fingerprint density at radius 1 is 1.10 bits per heavy atom. The molecule has 3 N–H and O–H groups in total. The van der Waals surface area contributed by atoms with E-state index >= 15 is 0 Å². The topological polar surface area (TPSA) is 99.1 Å². The molecule has 0 atom stereocenters. The molecule has 0 saturated carbocycles. The number of aromatic nitrogens is 1. The van der Waals surface area contributed by atoms with E-state index in [0.29, 0.717) is 28.7 Å². The van der Waals surface area contributed by atoms with Gasteiger partial charge in [0.05, 0.1) is 10.0 Å². The minimum absolute atomic E-state index is 0.0311. The molecular weight excluding hydrogens is 433 g/mol. The molecule has 1 aromatic carbocycles. The van der Waals surface area contributed by atoms with Crippen molar-refractivity contribution in [3.05, 3.63) is 51.3 Å². The third-order valence-corrected chi connectivity index (χ3v) is 5.57. The van der Waals surface area contributed by atoms with E-state index in [-0.39, 0.29) is 23.6 Å². The number of nitrogens with zero attached hydrogens (tertiary/aromatic N) is 3. The van der Waals surface area contributed by atoms with Crippen LogP contribution in [0.1, 0.15) is 26.4 Å². The molecule has 1 aliphatic heterocycles. The minimum atomic E-state index is -0.784. The van der Waals surface area contributed by atoms with Gasteiger partial charge in [-0.3, -0.25) is 20.2 Å². The molecule has 2 heterocycles. The van der Waals surface area contributed by atoms with Crippen LogP contribution in [0.5, 0.6) is 5.75 Å². The summed E-state index contributed by atoms with van der Waals surface area (Å²) in [6.45, 7) is 3.05. The SMILES string of the molecule is CN1CCN(NC(=O)c2c(OCc3ccc(Cl)c(Cl)c3)c(C(=O)NO)cn2C)CC1. The number of carbonyl (C=O) groups excluding carboxylic acids is 2. The van der Waals surface area contributed by atoms with Gasteiger partial charge in [0.15, 0.2) is 11.4 Å². The highest BCUT2D eigenvalue weighted by Gasteiger charge is 2.27. The first-order valence-electron chi connectivity index (χ1n) is 9.25. The summed E-state index contributed by atoms with van der Waals surface area (Å²) in [5.74, 6) is -1.14. The zero-order valence-corrected chi connectivity index (χ0v) is 18.1. The fourth-order valence-corrected chi connectivity index (χ4v) is 3.46. The van der Waals surface area contributed by atoms with Crippen LogP contribution < -0.4 is 15.6 Å². The van der Waals surface area contributed by atoms with E-state index in [1.54, 1.807) is 30.7 Å². The Kier molecular flexibility index (Phi) is 7.22. The second-order valence-corrected chi connectivity index (χ2v) is 7.86. The molecule has 11 heteroatoms. The van der Waals surface area contributed by atoms with Gasteiger partial charge in [0.2, 0.25) is 0 Å². The lowest BCUT2D eigenvalue weighted by molar-refractivity contribution is 0.0650. The normalized spacial score (nSPS) is 15.1. The maximum Gasteiger partial charge on any atom is 0.286 e. The molecule has 1 fully saturated rings. The largest absolute Gasteiger partial charge is 0.486 e. The summed E-state index contributed by atoms with van der Waals surface area (Å²) in [6, 6.07) is 5.01. The van der Waals surface area contributed by atoms with E-state index in [1.165, 1.54) is 10.8 Å². The molecular formula is C19H23Cl2N5O4. The van der Waals surface area contributed by atoms with Crippen molar-refractivity contribution in [3.8, 4) is 5.75 Å². The molecule has 162 valence electrons. The average Bonchev–Trinajstić information content (AvgIpc) is 3.06. The average molecular weight is 456 g/mol. The van der Waals surface area contributed by atoms with Crippen LogP contribution in [-0.2, 0) is 13.7 Å². The second kappa shape index (κ2) is 9.67. The number of carbonyl (C=O) groups is 2. The number of hydrazine groups is 1. The second-order valence-electron chi connectivity index (χ2n) is 7.04. The van der Waals surface area contributed by atoms with Crippen molar-refractivity contribution in [2.45, 2.75) is 6.61 Å². The summed E-state index contributed by atoms with van der Waals surface area (Å²) in [4.78, 5) is 27.3. The Morgan fingerprint density at radius 3 is 2.43 bits per heavy atom. The Hall–Kier alpha value is -2.30. The molecule has 2 amide bonds. The van der Waals surface area contributed by atoms with Crippen LogP contribution in [0.2, 0.25) is 10.0 Å². The van der Waals surface area contributed by atoms with Crippen LogP contribution in [-0.4, -0.2) is 64.7 Å². The molecule has 0 unspecified atom stereocenters. The lowest BCUT2D eigenvalue weighted by atomic mass is 10.2. The van der Waals surface area contributed by atoms with E-state index in [9.17, 15) is 9.59 Å². The number of hydrogen-bond acceptors (Lipinski definition) is 6. The van der Waals surface area contributed by atoms with Crippen molar-refractivity contribution < 1.29 is 19.5 Å². The lowest BCUT2D eigenvalue weighted by Gasteiger charge is -2.32. The summed E-state index contributed by atoms with van der Waals surface area (Å²) in [6.07, 6.45) is 1.43. The first kappa shape index (κ1) is 22.4. The van der Waals surface area contributed by atoms with E-state index in [1.807, 2.05) is 12.1 Å². The number of halogens is 2. The summed E-state index contributed by atoms with van der Waals surface area (Å²) in [7, 11) is 3.64. The molecule has 3 rings (SSSR count). The van der Waals surface area contributed by atoms with Gasteiger partial charge in [-0.25, -0.2) is 10.5 Å². The van der Waals surface area contributed by atoms with Gasteiger partial charge in [-0.1, -0.05) is 29.3 Å². The molecule has 9 nitrogen and oxygen atoms in total. The maximum atomic E-state index is 13.0. The minimum Gasteiger partial charge on any atom is -0.486 e. The fourth-order valence-electron chi connectivity index (χ4n) is 3.14. The van der Waals surface area contributed by atoms with Gasteiger partial charge in [-0.15, -0.1) is 0 Å². The van der Waals surface area contributed by atoms with Gasteiger partial charge in [-0.2, -0.15) is 0 Å². The number of amides is 2. The third-order valence-electron chi connectivity index (χ3n) is 4.83. The number of hydroxylamine groups is 1. The highest BCUT2D eigenvalue weighted by molar-refractivity contribution is 6.42. The number of hydrogen-bond donors (Lipinski definition) is 3. The Labute approximate surface area is 184 Å². The fraction of sp³-hybridized carbons (Fsp3) is 0.368. The number of aryl methyl sites for hydroxylation is 1. The first-order chi connectivity index (χ1) is 14.3. The van der Waals surface area contributed by atoms with Gasteiger partial charge >= 0.3 is 0 Å². The van der Waals surface area contributed by atoms with Crippen LogP contribution in [0.25, 0.3) is 0 Å². The quantitative estimate of drug-likeness (QED) is 0.454. The number of nitrogens with one attached hydrogen (secondary N) is 2. The highest BCUT2D eigenvalue weighted by Crippen LogP contribution is 2.28. The predicted molar refractivity (Wildman–Crippen MR) is 112 cm³/mol. The molecule has 1 aliphatic rings. The van der Waals surface area contributed by atoms with E-state index in [2.05, 4.69) is 10.3 Å². The van der Waals surface area contributed by atoms with Gasteiger partial charge in [0.25, 0.3) is 11.8 Å². The Morgan fingerprint density at radius 2 is 1.80 bits per heavy atom. The molecule has 30 heavy (non-hydrogen) atoms. The Bertz CT molecular complexity index is 941. The first-order valence-corrected chi connectivity index (χ1v) is 10.0. The smallest absolute Gasteiger partial charge is 0.286 e. The zero-order chi connectivity index (χ0) is 21.8. The van der Waals surface area contributed by atoms with Crippen molar-refractivity contribution in [1.29, 1.82) is 0 Å². The third kappa shape index (κ3) is 5.05. The van der Waals surface area contributed by atoms with Gasteiger partial charge in [0, 0.05) is 39.4 Å². The van der Waals surface area contributed by atoms with Crippen molar-refractivity contribution in [2.75, 3.05) is 33.2 Å². The number of ether oxygens (including phenoxy) is 1. The number of rotatable bonds is 6. The molecule has 0 spiro atoms. The molecule has 0 bridgehead atoms. The molecule has 0 aliphatic carbocycles. The predicted octanol–water partition coefficient (Wildman–Crippen LogP) is 1.92. The van der Waals surface area contributed by atoms with Crippen molar-refractivity contribution in [3.63, 3.8) is 0 Å². The van der Waals surface area contributed by atoms with Crippen LogP contribution >= 0.6 is 23.2 Å². The van der Waals surface area contributed by atoms with Gasteiger partial charge < -0.3 is 14.2 Å². The summed E-state index contributed by atoms with van der Waals surface area (Å²) >= 11 is 12.0. The lowest BCUT2D eigenvalue weighted by Crippen LogP contribution is -2.52. The van der Waals surface area contributed by atoms with E-state index in [0.717, 1.165) is 13.1 Å². The molecule has 1 aromatic heterocycles. The van der Waals surface area contributed by atoms with Gasteiger partial charge in [-0.05, 0) is 24.7 Å². The zero-order valence-electron chi connectivity index (χ0n) is 16.6. The molecule has 0 radical (unpaired) electrons. The molecule has 2 aromatic rings. The number of benzene rings is 1. The van der Waals surface area contributed by atoms with Crippen LogP contribution in [0, 0.1) is 0 Å². The van der Waals surface area contributed by atoms with Crippen molar-refractivity contribution in [2.24, 2.45) is 7.05 Å². The van der Waals surface area contributed by atoms with E-state index in [4.69, 9.17) is 33.1 Å². The number of likely N-dealkylation sites (N-methyl/N-ethyl adjacent to an activating group) is 1. The number of piperazine rings is 1. The Balaban J connectivity index is 1.84. The van der Waals surface area contributed by atoms with E-state index < -0.39 is 11.8 Å². The van der Waals surface area contributed by atoms with Crippen LogP contribution in [0.15, 0.2) is 24.4 Å². The van der Waals surface area contributed by atoms with Gasteiger partial charge in [0.1, 0.15) is 12.2 Å². The standard InChI is InChI=1S/C19H23Cl2N5O4/c1-24-5-7-26(8-6-24)22-19(28)16-17(13(10-25(16)2)18(27)23-29)30-11-12-3-4-14(20)15(21)9-12/h3-4,9-10,29H,5-8,11H2,1-2H3,(H,22,28)(H,23,27). The summed E-state index contributed by atoms with van der Waals surface area (Å²) in [5, 5.41) is 11.7. The maximum absolute atomic E-state index is 13.0. The van der Waals surface area contributed by atoms with Crippen molar-refractivity contribution >= 4 is 35.0 Å². The highest BCUT2D eigenvalue weighted by atomic mass is 35.5. The van der Waals surface area contributed by atoms with Crippen molar-refractivity contribution in [1.82, 2.24) is 25.4 Å². The van der Waals surface area contributed by atoms with Crippen LogP contribution in [0.4, 0.5) is 0 Å². The van der Waals surface area contributed by atoms with Crippen LogP contribution in [0.3, 0.4) is 0 Å². The summed E-state index contributed by atoms with van der Waals surface area (Å²) in [5.41, 5.74) is 5.33. The molecule has 1 saturated heterocycles. The monoisotopic (exact) mass is 455 g/mol. The summed E-state index contributed by atoms with van der Waals surface area (Å²) < 4.78 is 7.32.